The van der Waals surface area contributed by atoms with E-state index in [4.69, 9.17) is 48.7 Å². The fraction of sp³-hybridized carbons (Fsp3) is 0.451. The lowest BCUT2D eigenvalue weighted by molar-refractivity contribution is 0.0694. The van der Waals surface area contributed by atoms with Gasteiger partial charge in [-0.2, -0.15) is 10.5 Å². The fourth-order valence-electron chi connectivity index (χ4n) is 8.13. The number of nitriles is 2. The number of carboxylic acids is 1. The summed E-state index contributed by atoms with van der Waals surface area (Å²) in [6.07, 6.45) is 21.0. The molecule has 11 heteroatoms. The number of ether oxygens (including phenoxy) is 1. The largest absolute Gasteiger partial charge is 0.508 e. The Morgan fingerprint density at radius 1 is 0.645 bits per heavy atom. The van der Waals surface area contributed by atoms with Gasteiger partial charge in [0.05, 0.1) is 27.6 Å². The van der Waals surface area contributed by atoms with Crippen LogP contribution in [0.4, 0.5) is 8.78 Å². The van der Waals surface area contributed by atoms with Crippen LogP contribution in [0.25, 0.3) is 0 Å². The number of halogens is 4. The average Bonchev–Trinajstić information content (AvgIpc) is 3.28. The summed E-state index contributed by atoms with van der Waals surface area (Å²) >= 11 is 9.53. The molecule has 0 bridgehead atoms. The molecule has 0 aliphatic heterocycles. The van der Waals surface area contributed by atoms with Gasteiger partial charge in [0.15, 0.2) is 0 Å². The molecule has 2 aliphatic carbocycles. The van der Waals surface area contributed by atoms with E-state index in [1.807, 2.05) is 24.3 Å². The fourth-order valence-corrected chi connectivity index (χ4v) is 8.13. The maximum atomic E-state index is 13.7. The highest BCUT2D eigenvalue weighted by molar-refractivity contribution is 6.40. The second kappa shape index (κ2) is 28.6. The van der Waals surface area contributed by atoms with Crippen LogP contribution in [0, 0.1) is 46.1 Å². The second-order valence-corrected chi connectivity index (χ2v) is 16.8. The van der Waals surface area contributed by atoms with Gasteiger partial charge in [0, 0.05) is 12.1 Å². The number of carbonyl (C=O) groups excluding carboxylic acids is 1. The van der Waals surface area contributed by atoms with Gasteiger partial charge in [-0.05, 0) is 135 Å². The summed E-state index contributed by atoms with van der Waals surface area (Å²) in [5.74, 6) is 0.178. The Labute approximate surface area is 376 Å². The van der Waals surface area contributed by atoms with E-state index in [2.05, 4.69) is 13.8 Å². The lowest BCUT2D eigenvalue weighted by Gasteiger charge is -2.29. The molecule has 332 valence electrons. The lowest BCUT2D eigenvalue weighted by Crippen LogP contribution is -2.14. The summed E-state index contributed by atoms with van der Waals surface area (Å²) in [4.78, 5) is 23.2. The van der Waals surface area contributed by atoms with Crippen molar-refractivity contribution in [3.05, 3.63) is 130 Å². The number of aromatic hydroxyl groups is 1. The summed E-state index contributed by atoms with van der Waals surface area (Å²) in [6.45, 7) is 4.51. The van der Waals surface area contributed by atoms with Gasteiger partial charge in [0.1, 0.15) is 35.3 Å². The molecule has 0 amide bonds. The molecule has 2 N–H and O–H groups in total. The standard InChI is InChI=1S/C25H28FNO2.C18H26O2.C7H4FNO.CH2Cl2/c1-2-3-4-5-18-6-8-19(9-7-18)20-10-12-21(13-11-20)25(28)29-23-15-14-22(17-27)24(26)16-23;1-2-3-4-5-14-6-8-15(9-7-14)16-10-12-17(13-11-16)18(19)20;8-7-3-6(10)2-1-5(7)4-9;2-1-3/h10-16,18-19H,2-9H2,1H3;10-15H,2-9H2,1H3,(H,19,20);1-3,10H;1H2. The van der Waals surface area contributed by atoms with Gasteiger partial charge in [0.25, 0.3) is 0 Å². The zero-order valence-electron chi connectivity index (χ0n) is 35.9. The Morgan fingerprint density at radius 3 is 1.45 bits per heavy atom. The molecule has 0 spiro atoms. The number of nitrogens with zero attached hydrogens (tertiary/aromatic N) is 2. The van der Waals surface area contributed by atoms with Crippen LogP contribution in [-0.4, -0.2) is 27.5 Å². The van der Waals surface area contributed by atoms with Crippen LogP contribution in [0.2, 0.25) is 0 Å². The van der Waals surface area contributed by atoms with Crippen molar-refractivity contribution in [3.63, 3.8) is 0 Å². The molecule has 62 heavy (non-hydrogen) atoms. The number of benzene rings is 4. The molecular weight excluding hydrogens is 829 g/mol. The van der Waals surface area contributed by atoms with Gasteiger partial charge in [-0.15, -0.1) is 23.2 Å². The molecule has 0 atom stereocenters. The summed E-state index contributed by atoms with van der Waals surface area (Å²) < 4.78 is 31.4. The van der Waals surface area contributed by atoms with E-state index in [1.54, 1.807) is 36.4 Å². The second-order valence-electron chi connectivity index (χ2n) is 16.0. The third-order valence-corrected chi connectivity index (χ3v) is 11.7. The highest BCUT2D eigenvalue weighted by atomic mass is 35.5. The molecule has 2 saturated carbocycles. The molecule has 0 unspecified atom stereocenters. The van der Waals surface area contributed by atoms with Crippen molar-refractivity contribution in [2.75, 3.05) is 5.34 Å². The molecule has 2 aliphatic rings. The van der Waals surface area contributed by atoms with E-state index in [1.165, 1.54) is 138 Å². The van der Waals surface area contributed by atoms with E-state index < -0.39 is 23.6 Å². The van der Waals surface area contributed by atoms with Crippen LogP contribution >= 0.6 is 23.2 Å². The van der Waals surface area contributed by atoms with Crippen molar-refractivity contribution < 1.29 is 33.3 Å². The van der Waals surface area contributed by atoms with Gasteiger partial charge in [0.2, 0.25) is 0 Å². The molecule has 4 aromatic rings. The first-order valence-corrected chi connectivity index (χ1v) is 22.9. The minimum atomic E-state index is -0.837. The number of rotatable bonds is 13. The minimum Gasteiger partial charge on any atom is -0.508 e. The van der Waals surface area contributed by atoms with E-state index >= 15 is 0 Å². The molecule has 0 radical (unpaired) electrons. The zero-order valence-corrected chi connectivity index (χ0v) is 37.5. The highest BCUT2D eigenvalue weighted by Crippen LogP contribution is 2.39. The third kappa shape index (κ3) is 17.8. The Hall–Kier alpha value is -4.96. The predicted octanol–water partition coefficient (Wildman–Crippen LogP) is 14.8. The Kier molecular flexibility index (Phi) is 23.7. The number of unbranched alkanes of at least 4 members (excludes halogenated alkanes) is 4. The topological polar surface area (TPSA) is 131 Å². The van der Waals surface area contributed by atoms with Gasteiger partial charge < -0.3 is 14.9 Å². The van der Waals surface area contributed by atoms with Crippen LogP contribution in [-0.2, 0) is 0 Å². The van der Waals surface area contributed by atoms with Crippen LogP contribution in [0.5, 0.6) is 11.5 Å². The van der Waals surface area contributed by atoms with Gasteiger partial charge >= 0.3 is 11.9 Å². The van der Waals surface area contributed by atoms with Crippen LogP contribution in [0.3, 0.4) is 0 Å². The Bertz CT molecular complexity index is 2030. The summed E-state index contributed by atoms with van der Waals surface area (Å²) in [5, 5.41) is 34.8. The minimum absolute atomic E-state index is 0.0576. The number of carboxylic acid groups (broad SMARTS) is 1. The first-order chi connectivity index (χ1) is 30.0. The Morgan fingerprint density at radius 2 is 1.06 bits per heavy atom. The number of hydrogen-bond donors (Lipinski definition) is 2. The number of carbonyl (C=O) groups is 2. The molecule has 0 saturated heterocycles. The van der Waals surface area contributed by atoms with Crippen molar-refractivity contribution >= 4 is 35.1 Å². The normalized spacial score (nSPS) is 17.8. The molecule has 0 aromatic heterocycles. The van der Waals surface area contributed by atoms with Crippen molar-refractivity contribution in [3.8, 4) is 23.6 Å². The van der Waals surface area contributed by atoms with Crippen LogP contribution < -0.4 is 4.74 Å². The monoisotopic (exact) mass is 888 g/mol. The first-order valence-electron chi connectivity index (χ1n) is 21.8. The number of aromatic carboxylic acids is 1. The SMILES string of the molecule is CCCCCC1CCC(c2ccc(C(=O)O)cc2)CC1.CCCCCC1CCC(c2ccc(C(=O)Oc3ccc(C#N)c(F)c3)cc2)CC1.ClCCl.N#Cc1ccc(O)cc1F. The summed E-state index contributed by atoms with van der Waals surface area (Å²) in [7, 11) is 0. The molecular formula is C51H60Cl2F2N2O5. The average molecular weight is 890 g/mol. The van der Waals surface area contributed by atoms with E-state index in [-0.39, 0.29) is 28.0 Å². The molecule has 2 fully saturated rings. The maximum absolute atomic E-state index is 13.7. The number of hydrogen-bond acceptors (Lipinski definition) is 6. The van der Waals surface area contributed by atoms with Gasteiger partial charge in [-0.25, -0.2) is 18.4 Å². The predicted molar refractivity (Wildman–Crippen MR) is 243 cm³/mol. The third-order valence-electron chi connectivity index (χ3n) is 11.7. The molecule has 7 nitrogen and oxygen atoms in total. The highest BCUT2D eigenvalue weighted by Gasteiger charge is 2.24. The smallest absolute Gasteiger partial charge is 0.343 e. The van der Waals surface area contributed by atoms with E-state index in [0.717, 1.165) is 24.0 Å². The van der Waals surface area contributed by atoms with Gasteiger partial charge in [-0.3, -0.25) is 0 Å². The lowest BCUT2D eigenvalue weighted by atomic mass is 9.77. The quantitative estimate of drug-likeness (QED) is 0.0591. The molecule has 4 aromatic carbocycles. The van der Waals surface area contributed by atoms with Crippen LogP contribution in [0.15, 0.2) is 84.9 Å². The first kappa shape index (κ1) is 51.4. The summed E-state index contributed by atoms with van der Waals surface area (Å²) in [6, 6.07) is 25.6. The zero-order chi connectivity index (χ0) is 45.3. The van der Waals surface area contributed by atoms with Crippen molar-refractivity contribution in [1.29, 1.82) is 10.5 Å². The number of phenols is 1. The number of esters is 1. The number of alkyl halides is 2. The van der Waals surface area contributed by atoms with Gasteiger partial charge in [-0.1, -0.05) is 89.5 Å². The van der Waals surface area contributed by atoms with E-state index in [9.17, 15) is 18.4 Å². The molecule has 6 rings (SSSR count). The van der Waals surface area contributed by atoms with Crippen molar-refractivity contribution in [2.45, 2.75) is 128 Å². The number of phenolic OH excluding ortho intramolecular Hbond substituents is 1. The maximum Gasteiger partial charge on any atom is 0.343 e. The van der Waals surface area contributed by atoms with Crippen molar-refractivity contribution in [1.82, 2.24) is 0 Å². The van der Waals surface area contributed by atoms with E-state index in [0.29, 0.717) is 23.0 Å². The Balaban J connectivity index is 0.000000266. The van der Waals surface area contributed by atoms with Crippen molar-refractivity contribution in [2.24, 2.45) is 11.8 Å². The van der Waals surface area contributed by atoms with Crippen LogP contribution in [0.1, 0.15) is 171 Å². The molecule has 0 heterocycles. The summed E-state index contributed by atoms with van der Waals surface area (Å²) in [5.41, 5.74) is 3.29.